The summed E-state index contributed by atoms with van der Waals surface area (Å²) >= 11 is 0. The summed E-state index contributed by atoms with van der Waals surface area (Å²) in [5.74, 6) is -0.449. The third-order valence-electron chi connectivity index (χ3n) is 2.15. The Morgan fingerprint density at radius 2 is 1.93 bits per heavy atom. The van der Waals surface area contributed by atoms with E-state index in [-0.39, 0.29) is 6.10 Å². The summed E-state index contributed by atoms with van der Waals surface area (Å²) in [6.07, 6.45) is 0.737. The van der Waals surface area contributed by atoms with Crippen LogP contribution in [0.4, 0.5) is 0 Å². The van der Waals surface area contributed by atoms with Gasteiger partial charge in [-0.15, -0.1) is 0 Å². The molecule has 3 heteroatoms. The highest BCUT2D eigenvalue weighted by Crippen LogP contribution is 2.06. The molecule has 82 valence electrons. The van der Waals surface area contributed by atoms with E-state index in [0.29, 0.717) is 5.56 Å². The number of carbonyl (C=O) groups excluding carboxylic acids is 1. The average molecular weight is 208 g/mol. The third kappa shape index (κ3) is 3.72. The summed E-state index contributed by atoms with van der Waals surface area (Å²) in [6, 6.07) is 7.16. The van der Waals surface area contributed by atoms with Gasteiger partial charge in [-0.1, -0.05) is 24.6 Å². The average Bonchev–Trinajstić information content (AvgIpc) is 2.26. The van der Waals surface area contributed by atoms with Gasteiger partial charge in [-0.25, -0.2) is 4.79 Å². The highest BCUT2D eigenvalue weighted by Gasteiger charge is 2.09. The maximum Gasteiger partial charge on any atom is 0.373 e. The van der Waals surface area contributed by atoms with Gasteiger partial charge in [-0.2, -0.15) is 4.89 Å². The van der Waals surface area contributed by atoms with Gasteiger partial charge < -0.3 is 0 Å². The zero-order valence-corrected chi connectivity index (χ0v) is 9.32. The molecule has 0 aliphatic heterocycles. The summed E-state index contributed by atoms with van der Waals surface area (Å²) in [6.45, 7) is 5.78. The maximum atomic E-state index is 11.4. The lowest BCUT2D eigenvalue weighted by Gasteiger charge is -2.08. The minimum absolute atomic E-state index is 0.0700. The Kier molecular flexibility index (Phi) is 4.31. The zero-order valence-electron chi connectivity index (χ0n) is 9.32. The lowest BCUT2D eigenvalue weighted by molar-refractivity contribution is -0.270. The van der Waals surface area contributed by atoms with Gasteiger partial charge >= 0.3 is 5.97 Å². The molecule has 0 saturated carbocycles. The van der Waals surface area contributed by atoms with Gasteiger partial charge in [0.25, 0.3) is 0 Å². The second-order valence-electron chi connectivity index (χ2n) is 3.55. The molecule has 0 heterocycles. The highest BCUT2D eigenvalue weighted by atomic mass is 17.2. The number of hydrogen-bond donors (Lipinski definition) is 0. The Labute approximate surface area is 89.9 Å². The van der Waals surface area contributed by atoms with Crippen LogP contribution in [0.2, 0.25) is 0 Å². The first-order valence-electron chi connectivity index (χ1n) is 5.07. The first-order chi connectivity index (χ1) is 7.13. The predicted octanol–water partition coefficient (Wildman–Crippen LogP) is 2.88. The Morgan fingerprint density at radius 1 is 1.33 bits per heavy atom. The fourth-order valence-electron chi connectivity index (χ4n) is 0.932. The molecule has 1 unspecified atom stereocenters. The van der Waals surface area contributed by atoms with Crippen molar-refractivity contribution in [1.29, 1.82) is 0 Å². The normalized spacial score (nSPS) is 12.2. The van der Waals surface area contributed by atoms with Crippen molar-refractivity contribution in [2.75, 3.05) is 0 Å². The Hall–Kier alpha value is -1.35. The van der Waals surface area contributed by atoms with Crippen LogP contribution in [0, 0.1) is 6.92 Å². The SMILES string of the molecule is CCC(C)OOC(=O)c1ccc(C)cc1. The molecule has 1 rings (SSSR count). The van der Waals surface area contributed by atoms with Crippen molar-refractivity contribution in [3.8, 4) is 0 Å². The van der Waals surface area contributed by atoms with E-state index in [0.717, 1.165) is 12.0 Å². The number of hydrogen-bond acceptors (Lipinski definition) is 3. The molecule has 0 spiro atoms. The summed E-state index contributed by atoms with van der Waals surface area (Å²) in [7, 11) is 0. The Morgan fingerprint density at radius 3 is 2.47 bits per heavy atom. The molecule has 0 N–H and O–H groups in total. The molecule has 0 aromatic heterocycles. The van der Waals surface area contributed by atoms with Crippen molar-refractivity contribution in [2.24, 2.45) is 0 Å². The van der Waals surface area contributed by atoms with E-state index in [1.807, 2.05) is 32.9 Å². The minimum atomic E-state index is -0.449. The van der Waals surface area contributed by atoms with Crippen LogP contribution in [-0.4, -0.2) is 12.1 Å². The monoisotopic (exact) mass is 208 g/mol. The first kappa shape index (κ1) is 11.7. The molecule has 1 aromatic rings. The Balaban J connectivity index is 2.50. The van der Waals surface area contributed by atoms with Crippen molar-refractivity contribution >= 4 is 5.97 Å². The lowest BCUT2D eigenvalue weighted by Crippen LogP contribution is -2.12. The van der Waals surface area contributed by atoms with Crippen LogP contribution in [0.25, 0.3) is 0 Å². The summed E-state index contributed by atoms with van der Waals surface area (Å²) in [5.41, 5.74) is 1.61. The minimum Gasteiger partial charge on any atom is -0.293 e. The zero-order chi connectivity index (χ0) is 11.3. The van der Waals surface area contributed by atoms with Gasteiger partial charge in [0.15, 0.2) is 0 Å². The van der Waals surface area contributed by atoms with Crippen LogP contribution < -0.4 is 0 Å². The quantitative estimate of drug-likeness (QED) is 0.563. The summed E-state index contributed by atoms with van der Waals surface area (Å²) in [5, 5.41) is 0. The molecule has 0 aliphatic carbocycles. The molecule has 3 nitrogen and oxygen atoms in total. The number of benzene rings is 1. The molecule has 15 heavy (non-hydrogen) atoms. The van der Waals surface area contributed by atoms with E-state index in [1.165, 1.54) is 0 Å². The molecule has 1 atom stereocenters. The van der Waals surface area contributed by atoms with Crippen LogP contribution in [0.5, 0.6) is 0 Å². The van der Waals surface area contributed by atoms with Gasteiger partial charge in [0.05, 0.1) is 5.56 Å². The molecule has 0 aliphatic rings. The molecule has 0 saturated heterocycles. The van der Waals surface area contributed by atoms with Crippen LogP contribution in [0.1, 0.15) is 36.2 Å². The van der Waals surface area contributed by atoms with Crippen molar-refractivity contribution < 1.29 is 14.6 Å². The number of rotatable bonds is 4. The topological polar surface area (TPSA) is 35.5 Å². The lowest BCUT2D eigenvalue weighted by atomic mass is 10.2. The van der Waals surface area contributed by atoms with Gasteiger partial charge in [-0.3, -0.25) is 4.89 Å². The van der Waals surface area contributed by atoms with Gasteiger partial charge in [0.2, 0.25) is 0 Å². The fraction of sp³-hybridized carbons (Fsp3) is 0.417. The van der Waals surface area contributed by atoms with Crippen LogP contribution in [0.3, 0.4) is 0 Å². The van der Waals surface area contributed by atoms with Gasteiger partial charge in [0, 0.05) is 0 Å². The van der Waals surface area contributed by atoms with Crippen molar-refractivity contribution in [1.82, 2.24) is 0 Å². The van der Waals surface area contributed by atoms with Crippen molar-refractivity contribution in [3.05, 3.63) is 35.4 Å². The van der Waals surface area contributed by atoms with Crippen molar-refractivity contribution in [2.45, 2.75) is 33.3 Å². The second-order valence-corrected chi connectivity index (χ2v) is 3.55. The van der Waals surface area contributed by atoms with E-state index in [2.05, 4.69) is 4.89 Å². The molecular formula is C12H16O3. The van der Waals surface area contributed by atoms with Crippen LogP contribution >= 0.6 is 0 Å². The van der Waals surface area contributed by atoms with E-state index < -0.39 is 5.97 Å². The van der Waals surface area contributed by atoms with Crippen LogP contribution in [0.15, 0.2) is 24.3 Å². The van der Waals surface area contributed by atoms with Gasteiger partial charge in [-0.05, 0) is 32.4 Å². The molecular weight excluding hydrogens is 192 g/mol. The molecule has 0 fully saturated rings. The first-order valence-corrected chi connectivity index (χ1v) is 5.07. The highest BCUT2D eigenvalue weighted by molar-refractivity contribution is 5.88. The smallest absolute Gasteiger partial charge is 0.293 e. The predicted molar refractivity (Wildman–Crippen MR) is 57.4 cm³/mol. The second kappa shape index (κ2) is 5.51. The third-order valence-corrected chi connectivity index (χ3v) is 2.15. The number of aryl methyl sites for hydroxylation is 1. The number of carbonyl (C=O) groups is 1. The molecule has 1 aromatic carbocycles. The fourth-order valence-corrected chi connectivity index (χ4v) is 0.932. The maximum absolute atomic E-state index is 11.4. The largest absolute Gasteiger partial charge is 0.373 e. The van der Waals surface area contributed by atoms with E-state index in [9.17, 15) is 4.79 Å². The molecule has 0 bridgehead atoms. The van der Waals surface area contributed by atoms with Crippen molar-refractivity contribution in [3.63, 3.8) is 0 Å². The summed E-state index contributed by atoms with van der Waals surface area (Å²) < 4.78 is 0. The van der Waals surface area contributed by atoms with E-state index in [1.54, 1.807) is 12.1 Å². The van der Waals surface area contributed by atoms with E-state index in [4.69, 9.17) is 4.89 Å². The summed E-state index contributed by atoms with van der Waals surface area (Å²) in [4.78, 5) is 21.0. The van der Waals surface area contributed by atoms with Gasteiger partial charge in [0.1, 0.15) is 6.10 Å². The molecule has 0 amide bonds. The Bertz CT molecular complexity index is 316. The van der Waals surface area contributed by atoms with E-state index >= 15 is 0 Å². The van der Waals surface area contributed by atoms with Crippen LogP contribution in [-0.2, 0) is 9.78 Å². The standard InChI is InChI=1S/C12H16O3/c1-4-10(3)14-15-12(13)11-7-5-9(2)6-8-11/h5-8,10H,4H2,1-3H3. The molecule has 0 radical (unpaired) electrons.